The number of rotatable bonds is 2. The van der Waals surface area contributed by atoms with Crippen molar-refractivity contribution in [3.8, 4) is 0 Å². The normalized spacial score (nSPS) is 14.6. The van der Waals surface area contributed by atoms with Gasteiger partial charge >= 0.3 is 0 Å². The average Bonchev–Trinajstić information content (AvgIpc) is 2.69. The van der Waals surface area contributed by atoms with Gasteiger partial charge in [0.15, 0.2) is 0 Å². The number of para-hydroxylation sites is 1. The number of hydrogen-bond acceptors (Lipinski definition) is 4. The van der Waals surface area contributed by atoms with Crippen molar-refractivity contribution in [1.29, 1.82) is 0 Å². The first-order chi connectivity index (χ1) is 13.0. The number of piperazine rings is 1. The number of fused-ring (bicyclic) bond motifs is 1. The van der Waals surface area contributed by atoms with Gasteiger partial charge in [0, 0.05) is 31.7 Å². The van der Waals surface area contributed by atoms with Gasteiger partial charge in [-0.3, -0.25) is 14.6 Å². The van der Waals surface area contributed by atoms with E-state index in [0.29, 0.717) is 53.1 Å². The molecule has 1 fully saturated rings. The fourth-order valence-corrected chi connectivity index (χ4v) is 3.40. The van der Waals surface area contributed by atoms with Gasteiger partial charge in [-0.25, -0.2) is 9.37 Å². The maximum Gasteiger partial charge on any atom is 0.260 e. The summed E-state index contributed by atoms with van der Waals surface area (Å²) in [5, 5.41) is 0.548. The molecule has 0 spiro atoms. The molecule has 3 aromatic rings. The second-order valence-corrected chi connectivity index (χ2v) is 7.17. The number of carbonyl (C=O) groups is 1. The molecule has 2 heterocycles. The van der Waals surface area contributed by atoms with Crippen molar-refractivity contribution in [2.24, 2.45) is 0 Å². The van der Waals surface area contributed by atoms with Crippen LogP contribution in [0.2, 0.25) is 0 Å². The van der Waals surface area contributed by atoms with E-state index in [1.807, 2.05) is 11.0 Å². The van der Waals surface area contributed by atoms with Crippen LogP contribution >= 0.6 is 15.9 Å². The van der Waals surface area contributed by atoms with Gasteiger partial charge < -0.3 is 9.80 Å². The number of anilines is 1. The molecule has 1 N–H and O–H groups in total. The molecule has 8 heteroatoms. The van der Waals surface area contributed by atoms with E-state index in [4.69, 9.17) is 0 Å². The predicted octanol–water partition coefficient (Wildman–Crippen LogP) is 2.79. The number of halogens is 2. The molecule has 4 rings (SSSR count). The Morgan fingerprint density at radius 3 is 2.59 bits per heavy atom. The zero-order chi connectivity index (χ0) is 19.0. The molecule has 138 valence electrons. The van der Waals surface area contributed by atoms with Gasteiger partial charge in [-0.15, -0.1) is 0 Å². The third-order valence-corrected chi connectivity index (χ3v) is 5.28. The number of H-pyrrole nitrogens is 1. The molecule has 0 aliphatic carbocycles. The van der Waals surface area contributed by atoms with Crippen molar-refractivity contribution in [2.75, 3.05) is 31.1 Å². The first kappa shape index (κ1) is 17.7. The van der Waals surface area contributed by atoms with E-state index in [1.54, 1.807) is 29.2 Å². The van der Waals surface area contributed by atoms with Gasteiger partial charge in [-0.2, -0.15) is 0 Å². The van der Waals surface area contributed by atoms with Crippen LogP contribution in [0.3, 0.4) is 0 Å². The van der Waals surface area contributed by atoms with Crippen LogP contribution in [0.1, 0.15) is 10.4 Å². The highest BCUT2D eigenvalue weighted by Gasteiger charge is 2.24. The molecule has 0 bridgehead atoms. The minimum absolute atomic E-state index is 0.181. The van der Waals surface area contributed by atoms with Crippen LogP contribution in [0.5, 0.6) is 0 Å². The van der Waals surface area contributed by atoms with Gasteiger partial charge in [0.05, 0.1) is 15.4 Å². The summed E-state index contributed by atoms with van der Waals surface area (Å²) in [6.45, 7) is 2.00. The highest BCUT2D eigenvalue weighted by molar-refractivity contribution is 9.10. The minimum atomic E-state index is -0.461. The lowest BCUT2D eigenvalue weighted by atomic mass is 10.1. The lowest BCUT2D eigenvalue weighted by Crippen LogP contribution is -2.49. The molecular weight excluding hydrogens is 415 g/mol. The third-order valence-electron chi connectivity index (χ3n) is 4.63. The van der Waals surface area contributed by atoms with Crippen LogP contribution in [0.25, 0.3) is 10.9 Å². The van der Waals surface area contributed by atoms with Crippen molar-refractivity contribution in [3.63, 3.8) is 0 Å². The van der Waals surface area contributed by atoms with Crippen molar-refractivity contribution in [2.45, 2.75) is 0 Å². The molecule has 6 nitrogen and oxygen atoms in total. The molecule has 1 amide bonds. The molecule has 0 saturated carbocycles. The van der Waals surface area contributed by atoms with Gasteiger partial charge in [0.1, 0.15) is 5.82 Å². The Balaban J connectivity index is 1.49. The monoisotopic (exact) mass is 430 g/mol. The summed E-state index contributed by atoms with van der Waals surface area (Å²) >= 11 is 3.09. The molecule has 1 saturated heterocycles. The number of aromatic nitrogens is 2. The first-order valence-corrected chi connectivity index (χ1v) is 9.30. The van der Waals surface area contributed by atoms with Crippen molar-refractivity contribution >= 4 is 38.7 Å². The maximum atomic E-state index is 13.7. The van der Waals surface area contributed by atoms with Crippen LogP contribution < -0.4 is 10.5 Å². The maximum absolute atomic E-state index is 13.7. The van der Waals surface area contributed by atoms with E-state index in [2.05, 4.69) is 25.9 Å². The summed E-state index contributed by atoms with van der Waals surface area (Å²) in [5.74, 6) is -0.168. The van der Waals surface area contributed by atoms with Crippen LogP contribution in [0.4, 0.5) is 10.3 Å². The number of amides is 1. The van der Waals surface area contributed by atoms with Crippen LogP contribution in [0.15, 0.2) is 51.7 Å². The van der Waals surface area contributed by atoms with E-state index in [1.165, 1.54) is 12.1 Å². The first-order valence-electron chi connectivity index (χ1n) is 8.51. The Kier molecular flexibility index (Phi) is 4.65. The third kappa shape index (κ3) is 3.44. The van der Waals surface area contributed by atoms with Crippen molar-refractivity contribution in [1.82, 2.24) is 14.9 Å². The fourth-order valence-electron chi connectivity index (χ4n) is 3.16. The molecule has 1 aliphatic heterocycles. The largest absolute Gasteiger partial charge is 0.339 e. The second-order valence-electron chi connectivity index (χ2n) is 6.31. The van der Waals surface area contributed by atoms with Gasteiger partial charge in [-0.1, -0.05) is 12.1 Å². The summed E-state index contributed by atoms with van der Waals surface area (Å²) in [6.07, 6.45) is 0. The highest BCUT2D eigenvalue weighted by atomic mass is 79.9. The second kappa shape index (κ2) is 7.11. The summed E-state index contributed by atoms with van der Waals surface area (Å²) in [4.78, 5) is 35.8. The summed E-state index contributed by atoms with van der Waals surface area (Å²) in [5.41, 5.74) is 0.779. The Bertz CT molecular complexity index is 1080. The minimum Gasteiger partial charge on any atom is -0.339 e. The Labute approximate surface area is 162 Å². The summed E-state index contributed by atoms with van der Waals surface area (Å²) < 4.78 is 14.0. The number of nitrogens with zero attached hydrogens (tertiary/aromatic N) is 3. The zero-order valence-electron chi connectivity index (χ0n) is 14.3. The molecule has 0 unspecified atom stereocenters. The van der Waals surface area contributed by atoms with Gasteiger partial charge in [0.2, 0.25) is 5.95 Å². The fraction of sp³-hybridized carbons (Fsp3) is 0.211. The van der Waals surface area contributed by atoms with E-state index < -0.39 is 5.82 Å². The Hall–Kier alpha value is -2.74. The molecule has 1 aromatic heterocycles. The summed E-state index contributed by atoms with van der Waals surface area (Å²) in [7, 11) is 0. The smallest absolute Gasteiger partial charge is 0.260 e. The molecule has 2 aromatic carbocycles. The topological polar surface area (TPSA) is 69.3 Å². The molecular formula is C19H16BrFN4O2. The van der Waals surface area contributed by atoms with E-state index >= 15 is 0 Å². The number of carbonyl (C=O) groups excluding carboxylic acids is 1. The van der Waals surface area contributed by atoms with E-state index in [-0.39, 0.29) is 11.5 Å². The Morgan fingerprint density at radius 1 is 1.11 bits per heavy atom. The molecule has 27 heavy (non-hydrogen) atoms. The van der Waals surface area contributed by atoms with Crippen molar-refractivity contribution in [3.05, 3.63) is 68.7 Å². The predicted molar refractivity (Wildman–Crippen MR) is 105 cm³/mol. The molecule has 1 aliphatic rings. The van der Waals surface area contributed by atoms with Gasteiger partial charge in [-0.05, 0) is 46.3 Å². The van der Waals surface area contributed by atoms with Crippen LogP contribution in [-0.4, -0.2) is 47.0 Å². The number of benzene rings is 2. The number of aromatic amines is 1. The Morgan fingerprint density at radius 2 is 1.85 bits per heavy atom. The molecule has 0 atom stereocenters. The van der Waals surface area contributed by atoms with E-state index in [0.717, 1.165) is 0 Å². The van der Waals surface area contributed by atoms with Gasteiger partial charge in [0.25, 0.3) is 11.5 Å². The summed E-state index contributed by atoms with van der Waals surface area (Å²) in [6, 6.07) is 11.5. The van der Waals surface area contributed by atoms with Crippen molar-refractivity contribution < 1.29 is 9.18 Å². The number of hydrogen-bond donors (Lipinski definition) is 1. The quantitative estimate of drug-likeness (QED) is 0.678. The lowest BCUT2D eigenvalue weighted by molar-refractivity contribution is 0.0745. The zero-order valence-corrected chi connectivity index (χ0v) is 15.9. The number of nitrogens with one attached hydrogen (secondary N) is 1. The van der Waals surface area contributed by atoms with Crippen LogP contribution in [-0.2, 0) is 0 Å². The standard InChI is InChI=1S/C19H16BrFN4O2/c20-14-6-5-12(11-15(14)21)18(27)24-7-9-25(10-8-24)19-22-16-4-2-1-3-13(16)17(26)23-19/h1-6,11H,7-10H2,(H,22,23,26). The SMILES string of the molecule is O=C(c1ccc(Br)c(F)c1)N1CCN(c2nc3ccccc3c(=O)[nH]2)CC1. The van der Waals surface area contributed by atoms with E-state index in [9.17, 15) is 14.0 Å². The van der Waals surface area contributed by atoms with Crippen LogP contribution in [0, 0.1) is 5.82 Å². The molecule has 0 radical (unpaired) electrons. The highest BCUT2D eigenvalue weighted by Crippen LogP contribution is 2.19. The lowest BCUT2D eigenvalue weighted by Gasteiger charge is -2.35. The average molecular weight is 431 g/mol.